The van der Waals surface area contributed by atoms with Crippen molar-refractivity contribution < 1.29 is 9.32 Å². The topological polar surface area (TPSA) is 59.2 Å². The zero-order chi connectivity index (χ0) is 19.0. The van der Waals surface area contributed by atoms with Crippen LogP contribution in [0.2, 0.25) is 5.02 Å². The number of aromatic nitrogens is 2. The molecule has 2 aromatic heterocycles. The van der Waals surface area contributed by atoms with Crippen LogP contribution in [0.3, 0.4) is 0 Å². The molecule has 26 heavy (non-hydrogen) atoms. The summed E-state index contributed by atoms with van der Waals surface area (Å²) in [6.45, 7) is 7.86. The predicted octanol–water partition coefficient (Wildman–Crippen LogP) is 5.14. The van der Waals surface area contributed by atoms with E-state index in [9.17, 15) is 4.79 Å². The summed E-state index contributed by atoms with van der Waals surface area (Å²) in [4.78, 5) is 19.5. The number of halogens is 1. The van der Waals surface area contributed by atoms with Gasteiger partial charge in [0.1, 0.15) is 0 Å². The quantitative estimate of drug-likeness (QED) is 0.637. The minimum atomic E-state index is -0.132. The van der Waals surface area contributed by atoms with Gasteiger partial charge in [0.25, 0.3) is 11.6 Å². The standard InChI is InChI=1S/C20H22ClN3O2/c1-11(2)17-10-16(18-12(3)23-26-19(18)22-17)20(25)24(5)13(4)14-7-6-8-15(21)9-14/h6-11,13H,1-5H3. The maximum Gasteiger partial charge on any atom is 0.259 e. The Kier molecular flexibility index (Phi) is 5.01. The summed E-state index contributed by atoms with van der Waals surface area (Å²) in [7, 11) is 1.79. The normalized spacial score (nSPS) is 12.6. The Morgan fingerprint density at radius 1 is 1.23 bits per heavy atom. The molecule has 0 aliphatic carbocycles. The number of carbonyl (C=O) groups excluding carboxylic acids is 1. The van der Waals surface area contributed by atoms with Gasteiger partial charge in [-0.05, 0) is 43.5 Å². The molecule has 1 amide bonds. The van der Waals surface area contributed by atoms with Crippen LogP contribution in [0.15, 0.2) is 34.9 Å². The third-order valence-corrected chi connectivity index (χ3v) is 4.93. The van der Waals surface area contributed by atoms with E-state index < -0.39 is 0 Å². The largest absolute Gasteiger partial charge is 0.336 e. The van der Waals surface area contributed by atoms with Gasteiger partial charge in [0.2, 0.25) is 0 Å². The van der Waals surface area contributed by atoms with Crippen LogP contribution in [-0.4, -0.2) is 28.0 Å². The van der Waals surface area contributed by atoms with E-state index >= 15 is 0 Å². The van der Waals surface area contributed by atoms with E-state index in [2.05, 4.69) is 10.1 Å². The molecule has 5 nitrogen and oxygen atoms in total. The molecule has 6 heteroatoms. The average molecular weight is 372 g/mol. The van der Waals surface area contributed by atoms with Gasteiger partial charge in [-0.15, -0.1) is 0 Å². The van der Waals surface area contributed by atoms with E-state index in [1.54, 1.807) is 11.9 Å². The van der Waals surface area contributed by atoms with E-state index in [-0.39, 0.29) is 17.9 Å². The van der Waals surface area contributed by atoms with Gasteiger partial charge in [0, 0.05) is 17.8 Å². The molecular formula is C20H22ClN3O2. The van der Waals surface area contributed by atoms with Crippen LogP contribution >= 0.6 is 11.6 Å². The highest BCUT2D eigenvalue weighted by atomic mass is 35.5. The maximum absolute atomic E-state index is 13.3. The highest BCUT2D eigenvalue weighted by molar-refractivity contribution is 6.30. The minimum Gasteiger partial charge on any atom is -0.336 e. The summed E-state index contributed by atoms with van der Waals surface area (Å²) in [5.74, 6) is 0.0742. The number of carbonyl (C=O) groups is 1. The number of fused-ring (bicyclic) bond motifs is 1. The lowest BCUT2D eigenvalue weighted by atomic mass is 10.0. The number of nitrogens with zero attached hydrogens (tertiary/aromatic N) is 3. The van der Waals surface area contributed by atoms with Crippen molar-refractivity contribution in [1.82, 2.24) is 15.0 Å². The van der Waals surface area contributed by atoms with Crippen LogP contribution in [0.4, 0.5) is 0 Å². The van der Waals surface area contributed by atoms with Crippen molar-refractivity contribution in [2.75, 3.05) is 7.05 Å². The molecule has 0 bridgehead atoms. The Hall–Kier alpha value is -2.40. The fraction of sp³-hybridized carbons (Fsp3) is 0.350. The highest BCUT2D eigenvalue weighted by Gasteiger charge is 2.25. The van der Waals surface area contributed by atoms with Crippen molar-refractivity contribution >= 4 is 28.6 Å². The number of pyridine rings is 1. The molecule has 0 radical (unpaired) electrons. The molecule has 1 atom stereocenters. The molecule has 0 aliphatic heterocycles. The molecule has 0 fully saturated rings. The van der Waals surface area contributed by atoms with Gasteiger partial charge in [-0.25, -0.2) is 4.98 Å². The fourth-order valence-electron chi connectivity index (χ4n) is 2.93. The van der Waals surface area contributed by atoms with Gasteiger partial charge in [0.15, 0.2) is 0 Å². The summed E-state index contributed by atoms with van der Waals surface area (Å²) in [6, 6.07) is 9.27. The molecule has 3 aromatic rings. The van der Waals surface area contributed by atoms with E-state index in [1.807, 2.05) is 58.0 Å². The number of aryl methyl sites for hydroxylation is 1. The van der Waals surface area contributed by atoms with E-state index in [4.69, 9.17) is 16.1 Å². The van der Waals surface area contributed by atoms with Crippen LogP contribution in [0.25, 0.3) is 11.1 Å². The van der Waals surface area contributed by atoms with Gasteiger partial charge in [-0.2, -0.15) is 0 Å². The second-order valence-electron chi connectivity index (χ2n) is 6.84. The summed E-state index contributed by atoms with van der Waals surface area (Å²) in [5.41, 5.74) is 3.41. The molecule has 1 unspecified atom stereocenters. The molecule has 0 saturated carbocycles. The molecule has 0 N–H and O–H groups in total. The van der Waals surface area contributed by atoms with E-state index in [0.29, 0.717) is 27.4 Å². The molecule has 0 saturated heterocycles. The predicted molar refractivity (Wildman–Crippen MR) is 103 cm³/mol. The van der Waals surface area contributed by atoms with E-state index in [1.165, 1.54) is 0 Å². The van der Waals surface area contributed by atoms with Crippen molar-refractivity contribution in [1.29, 1.82) is 0 Å². The SMILES string of the molecule is Cc1noc2nc(C(C)C)cc(C(=O)N(C)C(C)c3cccc(Cl)c3)c12. The van der Waals surface area contributed by atoms with Crippen molar-refractivity contribution in [2.24, 2.45) is 0 Å². The monoisotopic (exact) mass is 371 g/mol. The summed E-state index contributed by atoms with van der Waals surface area (Å²) in [6.07, 6.45) is 0. The zero-order valence-electron chi connectivity index (χ0n) is 15.6. The number of hydrogen-bond donors (Lipinski definition) is 0. The zero-order valence-corrected chi connectivity index (χ0v) is 16.3. The number of hydrogen-bond acceptors (Lipinski definition) is 4. The first-order chi connectivity index (χ1) is 12.3. The third kappa shape index (κ3) is 3.31. The lowest BCUT2D eigenvalue weighted by Crippen LogP contribution is -2.30. The average Bonchev–Trinajstić information content (AvgIpc) is 3.00. The van der Waals surface area contributed by atoms with Crippen molar-refractivity contribution in [2.45, 2.75) is 39.7 Å². The van der Waals surface area contributed by atoms with Gasteiger partial charge >= 0.3 is 0 Å². The van der Waals surface area contributed by atoms with Crippen LogP contribution < -0.4 is 0 Å². The maximum atomic E-state index is 13.3. The fourth-order valence-corrected chi connectivity index (χ4v) is 3.13. The molecular weight excluding hydrogens is 350 g/mol. The van der Waals surface area contributed by atoms with Crippen LogP contribution in [0.5, 0.6) is 0 Å². The van der Waals surface area contributed by atoms with Gasteiger partial charge < -0.3 is 9.42 Å². The molecule has 3 rings (SSSR count). The molecule has 136 valence electrons. The highest BCUT2D eigenvalue weighted by Crippen LogP contribution is 2.29. The number of amides is 1. The lowest BCUT2D eigenvalue weighted by molar-refractivity contribution is 0.0744. The molecule has 0 aliphatic rings. The summed E-state index contributed by atoms with van der Waals surface area (Å²) < 4.78 is 5.32. The van der Waals surface area contributed by atoms with Gasteiger partial charge in [0.05, 0.1) is 22.7 Å². The van der Waals surface area contributed by atoms with Crippen LogP contribution in [-0.2, 0) is 0 Å². The summed E-state index contributed by atoms with van der Waals surface area (Å²) in [5, 5.41) is 5.31. The minimum absolute atomic E-state index is 0.0990. The second kappa shape index (κ2) is 7.08. The van der Waals surface area contributed by atoms with Gasteiger partial charge in [-0.3, -0.25) is 4.79 Å². The Labute approximate surface area is 157 Å². The number of rotatable bonds is 4. The van der Waals surface area contributed by atoms with Crippen LogP contribution in [0, 0.1) is 6.92 Å². The molecule has 0 spiro atoms. The molecule has 2 heterocycles. The Morgan fingerprint density at radius 3 is 2.62 bits per heavy atom. The second-order valence-corrected chi connectivity index (χ2v) is 7.28. The first-order valence-electron chi connectivity index (χ1n) is 8.59. The summed E-state index contributed by atoms with van der Waals surface area (Å²) >= 11 is 6.10. The van der Waals surface area contributed by atoms with Crippen molar-refractivity contribution in [3.8, 4) is 0 Å². The number of benzene rings is 1. The van der Waals surface area contributed by atoms with Gasteiger partial charge in [-0.1, -0.05) is 42.7 Å². The smallest absolute Gasteiger partial charge is 0.259 e. The lowest BCUT2D eigenvalue weighted by Gasteiger charge is -2.26. The van der Waals surface area contributed by atoms with E-state index in [0.717, 1.165) is 11.3 Å². The van der Waals surface area contributed by atoms with Crippen molar-refractivity contribution in [3.05, 3.63) is 57.9 Å². The Bertz CT molecular complexity index is 965. The Morgan fingerprint density at radius 2 is 1.96 bits per heavy atom. The first-order valence-corrected chi connectivity index (χ1v) is 8.97. The van der Waals surface area contributed by atoms with Crippen LogP contribution in [0.1, 0.15) is 60.0 Å². The first kappa shape index (κ1) is 18.4. The van der Waals surface area contributed by atoms with Crippen molar-refractivity contribution in [3.63, 3.8) is 0 Å². The third-order valence-electron chi connectivity index (χ3n) is 4.69. The molecule has 1 aromatic carbocycles. The Balaban J connectivity index is 2.04.